The van der Waals surface area contributed by atoms with Crippen LogP contribution in [0.3, 0.4) is 0 Å². The van der Waals surface area contributed by atoms with E-state index in [-0.39, 0.29) is 24.7 Å². The first-order valence-corrected chi connectivity index (χ1v) is 12.0. The molecule has 2 aromatic rings. The van der Waals surface area contributed by atoms with Gasteiger partial charge in [0.15, 0.2) is 0 Å². The van der Waals surface area contributed by atoms with E-state index in [1.54, 1.807) is 0 Å². The molecule has 176 valence electrons. The van der Waals surface area contributed by atoms with Crippen molar-refractivity contribution in [3.63, 3.8) is 0 Å². The molecule has 2 rings (SSSR count). The third-order valence-electron chi connectivity index (χ3n) is 5.19. The fraction of sp³-hybridized carbons (Fsp3) is 0.407. The van der Waals surface area contributed by atoms with Crippen molar-refractivity contribution < 1.29 is 9.59 Å². The van der Waals surface area contributed by atoms with Crippen LogP contribution < -0.4 is 10.9 Å². The van der Waals surface area contributed by atoms with Crippen molar-refractivity contribution in [1.29, 1.82) is 0 Å². The van der Waals surface area contributed by atoms with E-state index in [1.807, 2.05) is 60.7 Å². The van der Waals surface area contributed by atoms with Gasteiger partial charge >= 0.3 is 0 Å². The second kappa shape index (κ2) is 15.5. The Kier molecular flexibility index (Phi) is 12.2. The second-order valence-corrected chi connectivity index (χ2v) is 7.98. The maximum absolute atomic E-state index is 12.2. The minimum absolute atomic E-state index is 0.191. The smallest absolute Gasteiger partial charge is 0.240 e. The number of rotatable bonds is 14. The summed E-state index contributed by atoms with van der Waals surface area (Å²) in [4.78, 5) is 24.5. The number of carbonyl (C=O) groups is 2. The van der Waals surface area contributed by atoms with Crippen molar-refractivity contribution >= 4 is 23.2 Å². The van der Waals surface area contributed by atoms with Gasteiger partial charge in [0.1, 0.15) is 0 Å². The van der Waals surface area contributed by atoms with Gasteiger partial charge in [0.05, 0.1) is 11.4 Å². The number of unbranched alkanes of at least 4 members (excludes halogenated alkanes) is 2. The van der Waals surface area contributed by atoms with Crippen LogP contribution in [0.2, 0.25) is 0 Å². The molecule has 33 heavy (non-hydrogen) atoms. The molecule has 0 bridgehead atoms. The van der Waals surface area contributed by atoms with Crippen LogP contribution in [0.25, 0.3) is 0 Å². The van der Waals surface area contributed by atoms with Gasteiger partial charge in [-0.15, -0.1) is 0 Å². The summed E-state index contributed by atoms with van der Waals surface area (Å²) in [5.41, 5.74) is 9.07. The highest BCUT2D eigenvalue weighted by Crippen LogP contribution is 2.09. The highest BCUT2D eigenvalue weighted by atomic mass is 16.2. The maximum Gasteiger partial charge on any atom is 0.240 e. The summed E-state index contributed by atoms with van der Waals surface area (Å²) in [7, 11) is 0. The molecule has 0 saturated carbocycles. The van der Waals surface area contributed by atoms with Crippen LogP contribution in [0, 0.1) is 0 Å². The molecule has 0 spiro atoms. The molecule has 0 aliphatic rings. The first-order chi connectivity index (χ1) is 16.1. The summed E-state index contributed by atoms with van der Waals surface area (Å²) >= 11 is 0. The number of nitrogens with zero attached hydrogens (tertiary/aromatic N) is 2. The Morgan fingerprint density at radius 3 is 1.36 bits per heavy atom. The molecule has 0 heterocycles. The second-order valence-electron chi connectivity index (χ2n) is 7.98. The zero-order valence-corrected chi connectivity index (χ0v) is 19.8. The van der Waals surface area contributed by atoms with Crippen molar-refractivity contribution in [3.05, 3.63) is 71.8 Å². The summed E-state index contributed by atoms with van der Waals surface area (Å²) in [6, 6.07) is 19.8. The molecule has 2 N–H and O–H groups in total. The normalized spacial score (nSPS) is 11.8. The van der Waals surface area contributed by atoms with Crippen LogP contribution in [0.5, 0.6) is 0 Å². The third kappa shape index (κ3) is 10.3. The summed E-state index contributed by atoms with van der Waals surface area (Å²) in [5, 5.41) is 8.69. The van der Waals surface area contributed by atoms with Crippen molar-refractivity contribution in [1.82, 2.24) is 10.9 Å². The van der Waals surface area contributed by atoms with Gasteiger partial charge in [0.2, 0.25) is 11.8 Å². The molecule has 6 heteroatoms. The molecule has 0 aromatic heterocycles. The van der Waals surface area contributed by atoms with Gasteiger partial charge in [-0.25, -0.2) is 10.9 Å². The van der Waals surface area contributed by atoms with Gasteiger partial charge in [-0.2, -0.15) is 10.2 Å². The first-order valence-electron chi connectivity index (χ1n) is 12.0. The van der Waals surface area contributed by atoms with Crippen LogP contribution in [0.4, 0.5) is 0 Å². The van der Waals surface area contributed by atoms with Gasteiger partial charge < -0.3 is 0 Å². The Bertz CT molecular complexity index is 833. The number of hydrogen-bond donors (Lipinski definition) is 2. The van der Waals surface area contributed by atoms with Crippen molar-refractivity contribution in [2.75, 3.05) is 0 Å². The average Bonchev–Trinajstić information content (AvgIpc) is 2.85. The van der Waals surface area contributed by atoms with E-state index in [4.69, 9.17) is 0 Å². The molecule has 0 saturated heterocycles. The summed E-state index contributed by atoms with van der Waals surface area (Å²) in [6.07, 6.45) is 6.65. The lowest BCUT2D eigenvalue weighted by Gasteiger charge is -2.08. The monoisotopic (exact) mass is 448 g/mol. The Balaban J connectivity index is 1.82. The van der Waals surface area contributed by atoms with Crippen LogP contribution >= 0.6 is 0 Å². The molecule has 0 atom stereocenters. The summed E-state index contributed by atoms with van der Waals surface area (Å²) < 4.78 is 0. The number of hydrazone groups is 2. The SMILES string of the molecule is CCCCC(=NNC(=O)CCCC(=O)NN=C(CCCC)c1ccccc1)c1ccccc1. The van der Waals surface area contributed by atoms with Gasteiger partial charge in [-0.1, -0.05) is 87.4 Å². The Morgan fingerprint density at radius 1 is 0.606 bits per heavy atom. The predicted molar refractivity (Wildman–Crippen MR) is 135 cm³/mol. The lowest BCUT2D eigenvalue weighted by molar-refractivity contribution is -0.122. The van der Waals surface area contributed by atoms with Crippen LogP contribution in [0.1, 0.15) is 82.8 Å². The number of benzene rings is 2. The van der Waals surface area contributed by atoms with E-state index in [0.717, 1.165) is 61.1 Å². The van der Waals surface area contributed by atoms with Crippen molar-refractivity contribution in [3.8, 4) is 0 Å². The number of amides is 2. The zero-order chi connectivity index (χ0) is 23.7. The van der Waals surface area contributed by atoms with Crippen molar-refractivity contribution in [2.45, 2.75) is 71.6 Å². The van der Waals surface area contributed by atoms with Gasteiger partial charge in [-0.3, -0.25) is 9.59 Å². The minimum atomic E-state index is -0.191. The van der Waals surface area contributed by atoms with Gasteiger partial charge in [0, 0.05) is 12.8 Å². The average molecular weight is 449 g/mol. The fourth-order valence-electron chi connectivity index (χ4n) is 3.26. The molecule has 0 unspecified atom stereocenters. The third-order valence-corrected chi connectivity index (χ3v) is 5.19. The quantitative estimate of drug-likeness (QED) is 0.292. The fourth-order valence-corrected chi connectivity index (χ4v) is 3.26. The van der Waals surface area contributed by atoms with Gasteiger partial charge in [-0.05, 0) is 43.2 Å². The molecule has 0 aliphatic heterocycles. The van der Waals surface area contributed by atoms with E-state index >= 15 is 0 Å². The molecular formula is C27H36N4O2. The van der Waals surface area contributed by atoms with E-state index in [2.05, 4.69) is 34.9 Å². The molecule has 2 aromatic carbocycles. The van der Waals surface area contributed by atoms with E-state index in [0.29, 0.717) is 6.42 Å². The molecular weight excluding hydrogens is 412 g/mol. The molecule has 2 amide bonds. The topological polar surface area (TPSA) is 82.9 Å². The Labute approximate surface area is 197 Å². The minimum Gasteiger partial charge on any atom is -0.273 e. The lowest BCUT2D eigenvalue weighted by atomic mass is 10.1. The highest BCUT2D eigenvalue weighted by Gasteiger charge is 2.08. The largest absolute Gasteiger partial charge is 0.273 e. The molecule has 0 radical (unpaired) electrons. The molecule has 0 fully saturated rings. The standard InChI is InChI=1S/C27H36N4O2/c1-3-5-18-24(22-14-9-7-10-15-22)28-30-26(32)20-13-21-27(33)31-29-25(19-6-4-2)23-16-11-8-12-17-23/h7-12,14-17H,3-6,13,18-21H2,1-2H3,(H,30,32)(H,31,33). The van der Waals surface area contributed by atoms with Crippen LogP contribution in [0.15, 0.2) is 70.9 Å². The zero-order valence-electron chi connectivity index (χ0n) is 19.8. The molecule has 6 nitrogen and oxygen atoms in total. The van der Waals surface area contributed by atoms with E-state index in [9.17, 15) is 9.59 Å². The first kappa shape index (κ1) is 26.0. The van der Waals surface area contributed by atoms with Crippen LogP contribution in [-0.2, 0) is 9.59 Å². The number of nitrogens with one attached hydrogen (secondary N) is 2. The highest BCUT2D eigenvalue weighted by molar-refractivity contribution is 6.01. The number of hydrogen-bond acceptors (Lipinski definition) is 4. The summed E-state index contributed by atoms with van der Waals surface area (Å²) in [6.45, 7) is 4.26. The Morgan fingerprint density at radius 2 is 1.00 bits per heavy atom. The van der Waals surface area contributed by atoms with Crippen LogP contribution in [-0.4, -0.2) is 23.2 Å². The van der Waals surface area contributed by atoms with Gasteiger partial charge in [0.25, 0.3) is 0 Å². The van der Waals surface area contributed by atoms with E-state index < -0.39 is 0 Å². The predicted octanol–water partition coefficient (Wildman–Crippen LogP) is 5.58. The lowest BCUT2D eigenvalue weighted by Crippen LogP contribution is -2.22. The summed E-state index contributed by atoms with van der Waals surface area (Å²) in [5.74, 6) is -0.381. The maximum atomic E-state index is 12.2. The van der Waals surface area contributed by atoms with Crippen molar-refractivity contribution in [2.24, 2.45) is 10.2 Å². The van der Waals surface area contributed by atoms with E-state index in [1.165, 1.54) is 0 Å². The number of carbonyl (C=O) groups excluding carboxylic acids is 2. The molecule has 0 aliphatic carbocycles. The Hall–Kier alpha value is -3.28.